The third kappa shape index (κ3) is 5.55. The Hall–Kier alpha value is -2.18. The summed E-state index contributed by atoms with van der Waals surface area (Å²) in [7, 11) is 0. The third-order valence-corrected chi connectivity index (χ3v) is 6.92. The van der Waals surface area contributed by atoms with Crippen molar-refractivity contribution in [1.82, 2.24) is 0 Å². The van der Waals surface area contributed by atoms with Crippen molar-refractivity contribution in [2.24, 2.45) is 0 Å². The van der Waals surface area contributed by atoms with E-state index in [1.807, 2.05) is 30.3 Å². The maximum Gasteiger partial charge on any atom is 0.302 e. The van der Waals surface area contributed by atoms with Gasteiger partial charge in [0.15, 0.2) is 0 Å². The first-order valence-corrected chi connectivity index (χ1v) is 11.6. The molecule has 0 amide bonds. The minimum Gasteiger partial charge on any atom is -0.462 e. The molecule has 4 nitrogen and oxygen atoms in total. The van der Waals surface area contributed by atoms with Crippen molar-refractivity contribution in [3.05, 3.63) is 81.7 Å². The van der Waals surface area contributed by atoms with Crippen LogP contribution in [-0.4, -0.2) is 29.9 Å². The van der Waals surface area contributed by atoms with Crippen LogP contribution >= 0.6 is 22.9 Å². The predicted molar refractivity (Wildman–Crippen MR) is 124 cm³/mol. The second-order valence-electron chi connectivity index (χ2n) is 7.79. The molecule has 1 saturated heterocycles. The Morgan fingerprint density at radius 2 is 1.97 bits per heavy atom. The first kappa shape index (κ1) is 22.0. The van der Waals surface area contributed by atoms with Crippen molar-refractivity contribution in [1.29, 1.82) is 0 Å². The van der Waals surface area contributed by atoms with Gasteiger partial charge in [0.2, 0.25) is 0 Å². The lowest BCUT2D eigenvalue weighted by molar-refractivity contribution is -0.162. The van der Waals surface area contributed by atoms with Crippen molar-refractivity contribution in [2.75, 3.05) is 6.61 Å². The van der Waals surface area contributed by atoms with Gasteiger partial charge in [-0.1, -0.05) is 54.1 Å². The number of carbonyl (C=O) groups excluding carboxylic acids is 1. The minimum atomic E-state index is -0.354. The van der Waals surface area contributed by atoms with Crippen LogP contribution in [0.5, 0.6) is 0 Å². The van der Waals surface area contributed by atoms with Crippen LogP contribution in [0.1, 0.15) is 41.9 Å². The summed E-state index contributed by atoms with van der Waals surface area (Å²) in [4.78, 5) is 13.9. The van der Waals surface area contributed by atoms with E-state index in [0.29, 0.717) is 17.9 Å². The van der Waals surface area contributed by atoms with Gasteiger partial charge in [0.1, 0.15) is 6.10 Å². The molecule has 1 aromatic heterocycles. The number of aliphatic hydroxyl groups is 1. The van der Waals surface area contributed by atoms with E-state index in [1.165, 1.54) is 22.2 Å². The summed E-state index contributed by atoms with van der Waals surface area (Å²) >= 11 is 8.28. The molecule has 6 heteroatoms. The number of thiophene rings is 1. The second kappa shape index (κ2) is 9.96. The summed E-state index contributed by atoms with van der Waals surface area (Å²) in [5.41, 5.74) is 3.22. The van der Waals surface area contributed by atoms with Crippen molar-refractivity contribution >= 4 is 28.9 Å². The van der Waals surface area contributed by atoms with Crippen molar-refractivity contribution in [3.63, 3.8) is 0 Å². The summed E-state index contributed by atoms with van der Waals surface area (Å²) in [6.45, 7) is 1.30. The van der Waals surface area contributed by atoms with Gasteiger partial charge in [-0.2, -0.15) is 0 Å². The Bertz CT molecular complexity index is 1030. The fraction of sp³-hybridized carbons (Fsp3) is 0.320. The number of hydrogen-bond donors (Lipinski definition) is 1. The number of benzene rings is 2. The molecule has 0 bridgehead atoms. The van der Waals surface area contributed by atoms with Gasteiger partial charge in [0.05, 0.1) is 18.8 Å². The van der Waals surface area contributed by atoms with E-state index in [9.17, 15) is 9.90 Å². The fourth-order valence-electron chi connectivity index (χ4n) is 3.98. The van der Waals surface area contributed by atoms with E-state index in [4.69, 9.17) is 21.1 Å². The lowest BCUT2D eigenvalue weighted by Gasteiger charge is -2.34. The smallest absolute Gasteiger partial charge is 0.302 e. The van der Waals surface area contributed by atoms with Crippen LogP contribution in [-0.2, 0) is 20.7 Å². The molecule has 0 aliphatic carbocycles. The van der Waals surface area contributed by atoms with Crippen LogP contribution in [0.25, 0.3) is 10.4 Å². The summed E-state index contributed by atoms with van der Waals surface area (Å²) < 4.78 is 11.5. The summed E-state index contributed by atoms with van der Waals surface area (Å²) in [6.07, 6.45) is 0.924. The maximum atomic E-state index is 11.4. The number of rotatable bonds is 6. The average molecular weight is 457 g/mol. The highest BCUT2D eigenvalue weighted by molar-refractivity contribution is 7.15. The number of hydrogen-bond acceptors (Lipinski definition) is 5. The summed E-state index contributed by atoms with van der Waals surface area (Å²) in [5.74, 6) is -0.314. The molecule has 162 valence electrons. The predicted octanol–water partition coefficient (Wildman–Crippen LogP) is 5.80. The number of halogens is 1. The van der Waals surface area contributed by atoms with Gasteiger partial charge in [-0.15, -0.1) is 11.3 Å². The van der Waals surface area contributed by atoms with Crippen LogP contribution in [0.15, 0.2) is 60.7 Å². The third-order valence-electron chi connectivity index (χ3n) is 5.42. The quantitative estimate of drug-likeness (QED) is 0.476. The number of esters is 1. The van der Waals surface area contributed by atoms with Gasteiger partial charge in [0, 0.05) is 41.0 Å². The van der Waals surface area contributed by atoms with Gasteiger partial charge in [-0.3, -0.25) is 4.79 Å². The molecule has 0 saturated carbocycles. The molecule has 2 heterocycles. The highest BCUT2D eigenvalue weighted by Gasteiger charge is 2.32. The number of aliphatic hydroxyl groups excluding tert-OH is 1. The van der Waals surface area contributed by atoms with E-state index in [-0.39, 0.29) is 30.9 Å². The molecule has 1 aliphatic rings. The maximum absolute atomic E-state index is 11.4. The highest BCUT2D eigenvalue weighted by atomic mass is 35.5. The molecule has 3 unspecified atom stereocenters. The van der Waals surface area contributed by atoms with Crippen LogP contribution in [0.2, 0.25) is 5.02 Å². The van der Waals surface area contributed by atoms with E-state index in [0.717, 1.165) is 17.5 Å². The van der Waals surface area contributed by atoms with Crippen molar-refractivity contribution < 1.29 is 19.4 Å². The van der Waals surface area contributed by atoms with Gasteiger partial charge in [-0.25, -0.2) is 0 Å². The molecular weight excluding hydrogens is 432 g/mol. The SMILES string of the molecule is CC(=O)OC1CC(CO)OC(c2ccc(Cl)c(Cc3ccc(-c4ccccc4)s3)c2)C1. The molecule has 3 aromatic rings. The molecule has 4 rings (SSSR count). The van der Waals surface area contributed by atoms with Gasteiger partial charge in [-0.05, 0) is 34.9 Å². The fourth-order valence-corrected chi connectivity index (χ4v) is 5.20. The molecule has 0 spiro atoms. The monoisotopic (exact) mass is 456 g/mol. The van der Waals surface area contributed by atoms with Crippen molar-refractivity contribution in [2.45, 2.75) is 44.5 Å². The normalized spacial score (nSPS) is 21.1. The first-order valence-electron chi connectivity index (χ1n) is 10.4. The van der Waals surface area contributed by atoms with Crippen LogP contribution in [0.3, 0.4) is 0 Å². The van der Waals surface area contributed by atoms with Gasteiger partial charge >= 0.3 is 5.97 Å². The van der Waals surface area contributed by atoms with E-state index >= 15 is 0 Å². The lowest BCUT2D eigenvalue weighted by atomic mass is 9.94. The highest BCUT2D eigenvalue weighted by Crippen LogP contribution is 2.36. The largest absolute Gasteiger partial charge is 0.462 e. The van der Waals surface area contributed by atoms with Crippen LogP contribution < -0.4 is 0 Å². The number of ether oxygens (including phenoxy) is 2. The van der Waals surface area contributed by atoms with E-state index in [1.54, 1.807) is 11.3 Å². The van der Waals surface area contributed by atoms with Crippen LogP contribution in [0.4, 0.5) is 0 Å². The van der Waals surface area contributed by atoms with Crippen LogP contribution in [0, 0.1) is 0 Å². The molecule has 1 aliphatic heterocycles. The number of carbonyl (C=O) groups is 1. The Kier molecular flexibility index (Phi) is 7.08. The standard InChI is InChI=1S/C25H25ClO4S/c1-16(28)29-20-13-21(15-27)30-24(14-20)18-7-9-23(26)19(11-18)12-22-8-10-25(31-22)17-5-3-2-4-6-17/h2-11,20-21,24,27H,12-15H2,1H3. The van der Waals surface area contributed by atoms with E-state index in [2.05, 4.69) is 30.3 Å². The van der Waals surface area contributed by atoms with Crippen molar-refractivity contribution in [3.8, 4) is 10.4 Å². The lowest BCUT2D eigenvalue weighted by Crippen LogP contribution is -2.35. The topological polar surface area (TPSA) is 55.8 Å². The Balaban J connectivity index is 1.53. The Labute approximate surface area is 191 Å². The van der Waals surface area contributed by atoms with Gasteiger partial charge < -0.3 is 14.6 Å². The molecule has 1 N–H and O–H groups in total. The first-order chi connectivity index (χ1) is 15.0. The zero-order chi connectivity index (χ0) is 21.8. The second-order valence-corrected chi connectivity index (χ2v) is 9.37. The summed E-state index contributed by atoms with van der Waals surface area (Å²) in [6, 6.07) is 20.5. The zero-order valence-electron chi connectivity index (χ0n) is 17.3. The Morgan fingerprint density at radius 1 is 1.16 bits per heavy atom. The summed E-state index contributed by atoms with van der Waals surface area (Å²) in [5, 5.41) is 10.3. The molecule has 0 radical (unpaired) electrons. The molecule has 2 aromatic carbocycles. The Morgan fingerprint density at radius 3 is 2.71 bits per heavy atom. The van der Waals surface area contributed by atoms with E-state index < -0.39 is 0 Å². The minimum absolute atomic E-state index is 0.105. The zero-order valence-corrected chi connectivity index (χ0v) is 18.9. The molecule has 3 atom stereocenters. The molecular formula is C25H25ClO4S. The average Bonchev–Trinajstić information content (AvgIpc) is 3.24. The van der Waals surface area contributed by atoms with Gasteiger partial charge in [0.25, 0.3) is 0 Å². The molecule has 1 fully saturated rings. The molecule has 31 heavy (non-hydrogen) atoms.